The van der Waals surface area contributed by atoms with Crippen LogP contribution >= 0.6 is 0 Å². The summed E-state index contributed by atoms with van der Waals surface area (Å²) in [6, 6.07) is 7.11. The first kappa shape index (κ1) is 8.91. The first-order valence-electron chi connectivity index (χ1n) is 4.73. The maximum Gasteiger partial charge on any atom is 0.217 e. The Labute approximate surface area is 90.6 Å². The summed E-state index contributed by atoms with van der Waals surface area (Å²) in [6.07, 6.45) is 0. The zero-order chi connectivity index (χ0) is 11.3. The van der Waals surface area contributed by atoms with Gasteiger partial charge in [-0.25, -0.2) is 9.97 Å². The maximum atomic E-state index is 11.6. The molecule has 0 saturated heterocycles. The summed E-state index contributed by atoms with van der Waals surface area (Å²) < 4.78 is 0. The van der Waals surface area contributed by atoms with E-state index in [1.54, 1.807) is 24.3 Å². The van der Waals surface area contributed by atoms with E-state index in [9.17, 15) is 9.59 Å². The molecule has 2 aromatic rings. The number of carbonyl (C=O) groups is 2. The van der Waals surface area contributed by atoms with Gasteiger partial charge in [-0.3, -0.25) is 9.59 Å². The van der Waals surface area contributed by atoms with Crippen LogP contribution in [0.25, 0.3) is 11.0 Å². The molecular formula is C12H6N2O2. The van der Waals surface area contributed by atoms with Crippen molar-refractivity contribution >= 4 is 22.6 Å². The number of carbonyl (C=O) groups excluding carboxylic acids is 2. The smallest absolute Gasteiger partial charge is 0.217 e. The maximum absolute atomic E-state index is 11.6. The molecule has 16 heavy (non-hydrogen) atoms. The fourth-order valence-electron chi connectivity index (χ4n) is 1.71. The number of ketones is 2. The van der Waals surface area contributed by atoms with Crippen LogP contribution in [0.1, 0.15) is 21.0 Å². The molecule has 0 spiro atoms. The van der Waals surface area contributed by atoms with Gasteiger partial charge in [-0.15, -0.1) is 0 Å². The average Bonchev–Trinajstić information content (AvgIpc) is 2.52. The average molecular weight is 210 g/mol. The van der Waals surface area contributed by atoms with Gasteiger partial charge in [-0.2, -0.15) is 0 Å². The van der Waals surface area contributed by atoms with Crippen molar-refractivity contribution in [3.05, 3.63) is 47.8 Å². The van der Waals surface area contributed by atoms with E-state index < -0.39 is 11.6 Å². The van der Waals surface area contributed by atoms with Crippen LogP contribution in [0, 0.1) is 0 Å². The minimum atomic E-state index is -0.418. The number of para-hydroxylation sites is 2. The molecule has 0 N–H and O–H groups in total. The fraction of sp³-hybridized carbons (Fsp3) is 0. The molecule has 1 aromatic heterocycles. The molecule has 0 aliphatic heterocycles. The number of Topliss-reactive ketones (excluding diaryl/α,β-unsaturated/α-hetero) is 2. The quantitative estimate of drug-likeness (QED) is 0.489. The van der Waals surface area contributed by atoms with Gasteiger partial charge >= 0.3 is 0 Å². The predicted octanol–water partition coefficient (Wildman–Crippen LogP) is 1.56. The molecule has 3 rings (SSSR count). The van der Waals surface area contributed by atoms with Crippen molar-refractivity contribution in [2.75, 3.05) is 0 Å². The summed E-state index contributed by atoms with van der Waals surface area (Å²) in [7, 11) is 0. The topological polar surface area (TPSA) is 59.9 Å². The Balaban J connectivity index is 2.42. The van der Waals surface area contributed by atoms with Crippen molar-refractivity contribution < 1.29 is 9.59 Å². The number of allylic oxidation sites excluding steroid dienone is 1. The van der Waals surface area contributed by atoms with E-state index in [1.165, 1.54) is 0 Å². The lowest BCUT2D eigenvalue weighted by atomic mass is 10.2. The summed E-state index contributed by atoms with van der Waals surface area (Å²) in [5.74, 6) is -0.837. The molecule has 0 unspecified atom stereocenters. The third-order valence-electron chi connectivity index (χ3n) is 2.55. The fourth-order valence-corrected chi connectivity index (χ4v) is 1.71. The van der Waals surface area contributed by atoms with Crippen LogP contribution in [0.5, 0.6) is 0 Å². The van der Waals surface area contributed by atoms with Crippen LogP contribution in [-0.2, 0) is 0 Å². The molecular weight excluding hydrogens is 204 g/mol. The Morgan fingerprint density at radius 3 is 1.75 bits per heavy atom. The van der Waals surface area contributed by atoms with Gasteiger partial charge in [-0.05, 0) is 12.1 Å². The highest BCUT2D eigenvalue weighted by atomic mass is 16.2. The van der Waals surface area contributed by atoms with Gasteiger partial charge in [0.25, 0.3) is 0 Å². The third-order valence-corrected chi connectivity index (χ3v) is 2.55. The summed E-state index contributed by atoms with van der Waals surface area (Å²) in [5, 5.41) is 0. The van der Waals surface area contributed by atoms with Gasteiger partial charge < -0.3 is 0 Å². The van der Waals surface area contributed by atoms with E-state index in [4.69, 9.17) is 0 Å². The van der Waals surface area contributed by atoms with Crippen LogP contribution in [0.4, 0.5) is 0 Å². The summed E-state index contributed by atoms with van der Waals surface area (Å²) >= 11 is 0. The summed E-state index contributed by atoms with van der Waals surface area (Å²) in [5.41, 5.74) is 1.40. The molecule has 0 atom stereocenters. The second kappa shape index (κ2) is 2.82. The first-order valence-corrected chi connectivity index (χ1v) is 4.73. The van der Waals surface area contributed by atoms with E-state index >= 15 is 0 Å². The van der Waals surface area contributed by atoms with Gasteiger partial charge in [0.2, 0.25) is 11.6 Å². The lowest BCUT2D eigenvalue weighted by molar-refractivity contribution is 0.0987. The van der Waals surface area contributed by atoms with Crippen LogP contribution < -0.4 is 0 Å². The van der Waals surface area contributed by atoms with Crippen molar-refractivity contribution in [3.63, 3.8) is 0 Å². The van der Waals surface area contributed by atoms with E-state index in [0.717, 1.165) is 0 Å². The highest BCUT2D eigenvalue weighted by Gasteiger charge is 2.34. The van der Waals surface area contributed by atoms with Crippen molar-refractivity contribution in [2.24, 2.45) is 0 Å². The largest absolute Gasteiger partial charge is 0.287 e. The van der Waals surface area contributed by atoms with E-state index in [2.05, 4.69) is 16.5 Å². The van der Waals surface area contributed by atoms with Crippen LogP contribution in [0.15, 0.2) is 36.4 Å². The van der Waals surface area contributed by atoms with Gasteiger partial charge in [0.05, 0.1) is 16.6 Å². The number of rotatable bonds is 0. The van der Waals surface area contributed by atoms with Gasteiger partial charge in [0.1, 0.15) is 11.4 Å². The Hall–Kier alpha value is -2.36. The molecule has 1 aliphatic carbocycles. The lowest BCUT2D eigenvalue weighted by Crippen LogP contribution is -1.99. The number of benzene rings is 1. The van der Waals surface area contributed by atoms with Gasteiger partial charge in [0.15, 0.2) is 0 Å². The monoisotopic (exact) mass is 210 g/mol. The van der Waals surface area contributed by atoms with Crippen molar-refractivity contribution in [2.45, 2.75) is 0 Å². The van der Waals surface area contributed by atoms with Gasteiger partial charge in [-0.1, -0.05) is 18.7 Å². The van der Waals surface area contributed by atoms with E-state index in [1.807, 2.05) is 0 Å². The Morgan fingerprint density at radius 2 is 1.31 bits per heavy atom. The predicted molar refractivity (Wildman–Crippen MR) is 57.3 cm³/mol. The second-order valence-electron chi connectivity index (χ2n) is 3.55. The second-order valence-corrected chi connectivity index (χ2v) is 3.55. The number of aromatic nitrogens is 2. The Kier molecular flexibility index (Phi) is 1.57. The zero-order valence-corrected chi connectivity index (χ0v) is 8.23. The van der Waals surface area contributed by atoms with Crippen molar-refractivity contribution in [3.8, 4) is 0 Å². The number of hydrogen-bond acceptors (Lipinski definition) is 4. The van der Waals surface area contributed by atoms with Gasteiger partial charge in [0, 0.05) is 0 Å². The van der Waals surface area contributed by atoms with E-state index in [-0.39, 0.29) is 17.0 Å². The molecule has 0 radical (unpaired) electrons. The molecule has 0 amide bonds. The normalized spacial score (nSPS) is 14.6. The third kappa shape index (κ3) is 0.982. The highest BCUT2D eigenvalue weighted by molar-refractivity contribution is 6.38. The highest BCUT2D eigenvalue weighted by Crippen LogP contribution is 2.24. The lowest BCUT2D eigenvalue weighted by Gasteiger charge is -1.98. The first-order chi connectivity index (χ1) is 7.68. The molecule has 1 aromatic carbocycles. The van der Waals surface area contributed by atoms with E-state index in [0.29, 0.717) is 11.0 Å². The molecule has 0 bridgehead atoms. The molecule has 1 aliphatic rings. The molecule has 4 nitrogen and oxygen atoms in total. The number of fused-ring (bicyclic) bond motifs is 2. The number of hydrogen-bond donors (Lipinski definition) is 0. The Bertz CT molecular complexity index is 617. The molecule has 0 fully saturated rings. The molecule has 0 saturated carbocycles. The van der Waals surface area contributed by atoms with Crippen LogP contribution in [-0.4, -0.2) is 21.5 Å². The summed E-state index contributed by atoms with van der Waals surface area (Å²) in [4.78, 5) is 31.5. The molecule has 4 heteroatoms. The van der Waals surface area contributed by atoms with Crippen LogP contribution in [0.2, 0.25) is 0 Å². The molecule has 1 heterocycles. The standard InChI is InChI=1S/C12H6N2O2/c1-6-11(15)9-10(12(6)16)14-8-5-3-2-4-7(8)13-9/h2-5H,1H2. The Morgan fingerprint density at radius 1 is 0.875 bits per heavy atom. The minimum absolute atomic E-state index is 0.0506. The SMILES string of the molecule is C=C1C(=O)c2nc3ccccc3nc2C1=O. The number of nitrogens with zero attached hydrogens (tertiary/aromatic N) is 2. The minimum Gasteiger partial charge on any atom is -0.287 e. The summed E-state index contributed by atoms with van der Waals surface area (Å²) in [6.45, 7) is 3.44. The zero-order valence-electron chi connectivity index (χ0n) is 8.23. The van der Waals surface area contributed by atoms with Crippen molar-refractivity contribution in [1.29, 1.82) is 0 Å². The van der Waals surface area contributed by atoms with Crippen molar-refractivity contribution in [1.82, 2.24) is 9.97 Å². The van der Waals surface area contributed by atoms with Crippen LogP contribution in [0.3, 0.4) is 0 Å². The molecule has 76 valence electrons.